The number of nitrogens with one attached hydrogen (secondary N) is 3. The van der Waals surface area contributed by atoms with E-state index < -0.39 is 35.5 Å². The first kappa shape index (κ1) is 36.1. The molecule has 48 heavy (non-hydrogen) atoms. The number of carbonyl (C=O) groups excluding carboxylic acids is 3. The van der Waals surface area contributed by atoms with E-state index in [9.17, 15) is 24.3 Å². The summed E-state index contributed by atoms with van der Waals surface area (Å²) in [5.74, 6) is -0.963. The number of aliphatic carboxylic acids is 1. The number of hydrogen-bond donors (Lipinski definition) is 5. The molecule has 3 aromatic rings. The molecule has 0 unspecified atom stereocenters. The second kappa shape index (κ2) is 17.4. The van der Waals surface area contributed by atoms with Gasteiger partial charge in [0.1, 0.15) is 23.4 Å². The molecule has 5 rings (SSSR count). The quantitative estimate of drug-likeness (QED) is 0.185. The van der Waals surface area contributed by atoms with Gasteiger partial charge in [-0.05, 0) is 55.0 Å². The van der Waals surface area contributed by atoms with E-state index >= 15 is 0 Å². The highest BCUT2D eigenvalue weighted by Gasteiger charge is 2.50. The number of β-amino-alcohol motifs (C(OH)–C–C–N with tert-alkyl or cyclic N) is 1. The zero-order valence-electron chi connectivity index (χ0n) is 27.7. The number of ether oxygens (including phenoxy) is 1. The lowest BCUT2D eigenvalue weighted by Crippen LogP contribution is -2.69. The number of aromatic nitrogens is 2. The molecule has 2 fully saturated rings. The van der Waals surface area contributed by atoms with Crippen molar-refractivity contribution in [2.75, 3.05) is 20.2 Å². The molecule has 258 valence electrons. The summed E-state index contributed by atoms with van der Waals surface area (Å²) in [6.07, 6.45) is 9.88. The summed E-state index contributed by atoms with van der Waals surface area (Å²) in [6.45, 7) is 2.36. The summed E-state index contributed by atoms with van der Waals surface area (Å²) in [5.41, 5.74) is 1.06. The molecule has 0 spiro atoms. The van der Waals surface area contributed by atoms with Gasteiger partial charge in [-0.15, -0.1) is 0 Å². The maximum atomic E-state index is 13.8. The van der Waals surface area contributed by atoms with Gasteiger partial charge in [-0.3, -0.25) is 19.2 Å². The molecule has 0 bridgehead atoms. The first-order chi connectivity index (χ1) is 23.1. The monoisotopic (exact) mass is 661 g/mol. The molecule has 1 aliphatic carbocycles. The number of carbonyl (C=O) groups is 4. The van der Waals surface area contributed by atoms with Gasteiger partial charge in [-0.2, -0.15) is 0 Å². The van der Waals surface area contributed by atoms with Crippen LogP contribution >= 0.6 is 0 Å². The molecular formula is C36H47N5O7. The third kappa shape index (κ3) is 10.1. The molecule has 0 radical (unpaired) electrons. The number of carboxylic acids is 1. The minimum absolute atomic E-state index is 0.166. The first-order valence-corrected chi connectivity index (χ1v) is 16.6. The zero-order valence-corrected chi connectivity index (χ0v) is 27.7. The summed E-state index contributed by atoms with van der Waals surface area (Å²) in [6, 6.07) is 14.2. The van der Waals surface area contributed by atoms with Crippen LogP contribution in [-0.2, 0) is 27.2 Å². The Labute approximate surface area is 281 Å². The van der Waals surface area contributed by atoms with Gasteiger partial charge in [-0.25, -0.2) is 4.98 Å². The summed E-state index contributed by atoms with van der Waals surface area (Å²) in [7, 11) is 1.59. The Hall–Kier alpha value is -4.71. The lowest BCUT2D eigenvalue weighted by molar-refractivity contribution is -0.172. The van der Waals surface area contributed by atoms with E-state index in [1.54, 1.807) is 42.5 Å². The van der Waals surface area contributed by atoms with Crippen LogP contribution in [0.25, 0.3) is 0 Å². The highest BCUT2D eigenvalue weighted by atomic mass is 16.5. The SMILES string of the molecule is CCCC(=O)O.COc1ccc(C[C@H](NC(=O)[C@H](Cc2cnc[nH]2)NC(=O)c2ccccc2)C(=O)N2CC(O)(C3CCCCC3)C2)cc1. The Morgan fingerprint density at radius 3 is 2.23 bits per heavy atom. The summed E-state index contributed by atoms with van der Waals surface area (Å²) >= 11 is 0. The van der Waals surface area contributed by atoms with E-state index in [2.05, 4.69) is 20.6 Å². The van der Waals surface area contributed by atoms with E-state index in [1.165, 1.54) is 12.7 Å². The van der Waals surface area contributed by atoms with Crippen LogP contribution in [0, 0.1) is 5.92 Å². The number of methoxy groups -OCH3 is 1. The van der Waals surface area contributed by atoms with Crippen molar-refractivity contribution in [3.05, 3.63) is 83.9 Å². The smallest absolute Gasteiger partial charge is 0.303 e. The van der Waals surface area contributed by atoms with Crippen LogP contribution in [0.4, 0.5) is 0 Å². The van der Waals surface area contributed by atoms with Crippen molar-refractivity contribution in [2.24, 2.45) is 5.92 Å². The number of likely N-dealkylation sites (tertiary alicyclic amines) is 1. The maximum Gasteiger partial charge on any atom is 0.303 e. The van der Waals surface area contributed by atoms with Crippen LogP contribution in [0.15, 0.2) is 67.1 Å². The molecular weight excluding hydrogens is 614 g/mol. The van der Waals surface area contributed by atoms with Crippen molar-refractivity contribution in [1.29, 1.82) is 0 Å². The van der Waals surface area contributed by atoms with Gasteiger partial charge in [0.15, 0.2) is 0 Å². The van der Waals surface area contributed by atoms with Crippen molar-refractivity contribution in [2.45, 2.75) is 82.4 Å². The van der Waals surface area contributed by atoms with Crippen LogP contribution in [0.1, 0.15) is 73.5 Å². The van der Waals surface area contributed by atoms with Gasteiger partial charge >= 0.3 is 5.97 Å². The van der Waals surface area contributed by atoms with Crippen molar-refractivity contribution in [1.82, 2.24) is 25.5 Å². The van der Waals surface area contributed by atoms with Crippen LogP contribution in [-0.4, -0.2) is 86.7 Å². The number of aromatic amines is 1. The van der Waals surface area contributed by atoms with Gasteiger partial charge < -0.3 is 35.5 Å². The number of nitrogens with zero attached hydrogens (tertiary/aromatic N) is 2. The van der Waals surface area contributed by atoms with Crippen molar-refractivity contribution < 1.29 is 34.1 Å². The minimum Gasteiger partial charge on any atom is -0.497 e. The molecule has 2 heterocycles. The highest BCUT2D eigenvalue weighted by Crippen LogP contribution is 2.38. The fourth-order valence-electron chi connectivity index (χ4n) is 6.23. The molecule has 1 saturated carbocycles. The predicted octanol–water partition coefficient (Wildman–Crippen LogP) is 3.51. The molecule has 2 atom stereocenters. The third-order valence-corrected chi connectivity index (χ3v) is 8.92. The van der Waals surface area contributed by atoms with Crippen LogP contribution in [0.5, 0.6) is 5.75 Å². The fourth-order valence-corrected chi connectivity index (χ4v) is 6.23. The Balaban J connectivity index is 0.000000794. The predicted molar refractivity (Wildman–Crippen MR) is 179 cm³/mol. The summed E-state index contributed by atoms with van der Waals surface area (Å²) in [4.78, 5) is 58.8. The highest BCUT2D eigenvalue weighted by molar-refractivity contribution is 5.98. The van der Waals surface area contributed by atoms with E-state index in [0.29, 0.717) is 23.4 Å². The fraction of sp³-hybridized carbons (Fsp3) is 0.472. The molecule has 1 aliphatic heterocycles. The van der Waals surface area contributed by atoms with Crippen LogP contribution < -0.4 is 15.4 Å². The number of rotatable bonds is 13. The number of benzene rings is 2. The second-order valence-electron chi connectivity index (χ2n) is 12.6. The molecule has 1 aromatic heterocycles. The second-order valence-corrected chi connectivity index (χ2v) is 12.6. The normalized spacial score (nSPS) is 16.7. The van der Waals surface area contributed by atoms with Crippen LogP contribution in [0.3, 0.4) is 0 Å². The Morgan fingerprint density at radius 1 is 0.979 bits per heavy atom. The van der Waals surface area contributed by atoms with E-state index in [0.717, 1.165) is 37.7 Å². The van der Waals surface area contributed by atoms with Crippen LogP contribution in [0.2, 0.25) is 0 Å². The molecule has 1 saturated heterocycles. The summed E-state index contributed by atoms with van der Waals surface area (Å²) in [5, 5.41) is 24.9. The number of carboxylic acid groups (broad SMARTS) is 1. The average Bonchev–Trinajstić information content (AvgIpc) is 3.60. The molecule has 3 amide bonds. The van der Waals surface area contributed by atoms with Gasteiger partial charge in [0.05, 0.1) is 26.5 Å². The number of H-pyrrole nitrogens is 1. The lowest BCUT2D eigenvalue weighted by Gasteiger charge is -2.52. The van der Waals surface area contributed by atoms with Crippen molar-refractivity contribution in [3.8, 4) is 5.75 Å². The zero-order chi connectivity index (χ0) is 34.5. The molecule has 2 aromatic carbocycles. The largest absolute Gasteiger partial charge is 0.497 e. The molecule has 2 aliphatic rings. The van der Waals surface area contributed by atoms with Crippen molar-refractivity contribution >= 4 is 23.7 Å². The first-order valence-electron chi connectivity index (χ1n) is 16.6. The lowest BCUT2D eigenvalue weighted by atomic mass is 9.72. The number of hydrogen-bond acceptors (Lipinski definition) is 7. The number of amides is 3. The number of imidazole rings is 1. The average molecular weight is 662 g/mol. The molecule has 12 heteroatoms. The van der Waals surface area contributed by atoms with Gasteiger partial charge in [0.2, 0.25) is 11.8 Å². The van der Waals surface area contributed by atoms with E-state index in [4.69, 9.17) is 9.84 Å². The minimum atomic E-state index is -0.958. The summed E-state index contributed by atoms with van der Waals surface area (Å²) < 4.78 is 5.27. The van der Waals surface area contributed by atoms with Crippen molar-refractivity contribution in [3.63, 3.8) is 0 Å². The Bertz CT molecular complexity index is 1470. The number of aliphatic hydroxyl groups is 1. The topological polar surface area (TPSA) is 174 Å². The van der Waals surface area contributed by atoms with E-state index in [-0.39, 0.29) is 37.8 Å². The molecule has 5 N–H and O–H groups in total. The standard InChI is InChI=1S/C32H39N5O5.C4H8O2/c1-42-26-14-12-22(13-15-26)16-28(31(40)37-19-32(41,20-37)24-10-6-3-7-11-24)36-30(39)27(17-25-18-33-21-34-25)35-29(38)23-8-4-2-5-9-23;1-2-3-4(5)6/h2,4-5,8-9,12-15,18,21,24,27-28,41H,3,6-7,10-11,16-17,19-20H2,1H3,(H,33,34)(H,35,38)(H,36,39);2-3H2,1H3,(H,5,6)/t27-,28-;/m0./s1. The Kier molecular flexibility index (Phi) is 13.1. The maximum absolute atomic E-state index is 13.8. The van der Waals surface area contributed by atoms with Gasteiger partial charge in [0, 0.05) is 36.7 Å². The van der Waals surface area contributed by atoms with Gasteiger partial charge in [-0.1, -0.05) is 56.5 Å². The van der Waals surface area contributed by atoms with E-state index in [1.807, 2.05) is 37.3 Å². The van der Waals surface area contributed by atoms with Gasteiger partial charge in [0.25, 0.3) is 5.91 Å². The third-order valence-electron chi connectivity index (χ3n) is 8.92. The Morgan fingerprint density at radius 2 is 1.67 bits per heavy atom. The molecule has 12 nitrogen and oxygen atoms in total.